The van der Waals surface area contributed by atoms with Gasteiger partial charge in [0.25, 0.3) is 5.56 Å². The van der Waals surface area contributed by atoms with E-state index in [1.807, 2.05) is 24.3 Å². The van der Waals surface area contributed by atoms with E-state index in [1.165, 1.54) is 0 Å². The molecule has 1 aliphatic rings. The Morgan fingerprint density at radius 2 is 2.00 bits per heavy atom. The maximum atomic E-state index is 11.6. The second kappa shape index (κ2) is 4.29. The molecule has 92 valence electrons. The summed E-state index contributed by atoms with van der Waals surface area (Å²) in [6.45, 7) is 0. The zero-order valence-corrected chi connectivity index (χ0v) is 10.1. The SMILES string of the molecule is COc1ccc(-c2nc(C3CC3)cc(=O)[nH]2)cc1. The van der Waals surface area contributed by atoms with Crippen LogP contribution < -0.4 is 10.3 Å². The van der Waals surface area contributed by atoms with E-state index < -0.39 is 0 Å². The number of aromatic nitrogens is 2. The first-order chi connectivity index (χ1) is 8.76. The first-order valence-corrected chi connectivity index (χ1v) is 6.02. The molecule has 2 aromatic rings. The summed E-state index contributed by atoms with van der Waals surface area (Å²) >= 11 is 0. The fourth-order valence-corrected chi connectivity index (χ4v) is 1.95. The summed E-state index contributed by atoms with van der Waals surface area (Å²) < 4.78 is 5.11. The van der Waals surface area contributed by atoms with Crippen molar-refractivity contribution in [1.29, 1.82) is 0 Å². The van der Waals surface area contributed by atoms with Crippen LogP contribution >= 0.6 is 0 Å². The van der Waals surface area contributed by atoms with Gasteiger partial charge in [0.15, 0.2) is 0 Å². The molecule has 3 rings (SSSR count). The first kappa shape index (κ1) is 11.0. The third-order valence-electron chi connectivity index (χ3n) is 3.12. The van der Waals surface area contributed by atoms with E-state index in [4.69, 9.17) is 4.74 Å². The van der Waals surface area contributed by atoms with Gasteiger partial charge in [-0.15, -0.1) is 0 Å². The van der Waals surface area contributed by atoms with Crippen LogP contribution in [0.15, 0.2) is 35.1 Å². The highest BCUT2D eigenvalue weighted by molar-refractivity contribution is 5.56. The van der Waals surface area contributed by atoms with Crippen molar-refractivity contribution in [3.8, 4) is 17.1 Å². The summed E-state index contributed by atoms with van der Waals surface area (Å²) in [5, 5.41) is 0. The smallest absolute Gasteiger partial charge is 0.251 e. The summed E-state index contributed by atoms with van der Waals surface area (Å²) in [5.41, 5.74) is 1.72. The normalized spacial score (nSPS) is 14.5. The quantitative estimate of drug-likeness (QED) is 0.898. The Labute approximate surface area is 105 Å². The van der Waals surface area contributed by atoms with E-state index in [2.05, 4.69) is 9.97 Å². The van der Waals surface area contributed by atoms with E-state index >= 15 is 0 Å². The van der Waals surface area contributed by atoms with Gasteiger partial charge in [0, 0.05) is 17.5 Å². The molecule has 1 fully saturated rings. The van der Waals surface area contributed by atoms with E-state index in [0.717, 1.165) is 29.8 Å². The Bertz CT molecular complexity index is 612. The third kappa shape index (κ3) is 2.14. The van der Waals surface area contributed by atoms with Gasteiger partial charge in [-0.1, -0.05) is 0 Å². The molecule has 1 N–H and O–H groups in total. The van der Waals surface area contributed by atoms with Crippen LogP contribution in [0.25, 0.3) is 11.4 Å². The van der Waals surface area contributed by atoms with Gasteiger partial charge in [-0.05, 0) is 37.1 Å². The summed E-state index contributed by atoms with van der Waals surface area (Å²) in [6.07, 6.45) is 2.27. The summed E-state index contributed by atoms with van der Waals surface area (Å²) in [5.74, 6) is 1.90. The van der Waals surface area contributed by atoms with Gasteiger partial charge >= 0.3 is 0 Å². The molecule has 4 heteroatoms. The van der Waals surface area contributed by atoms with Crippen LogP contribution in [0, 0.1) is 0 Å². The molecular formula is C14H14N2O2. The molecule has 1 heterocycles. The Morgan fingerprint density at radius 3 is 2.61 bits per heavy atom. The molecule has 4 nitrogen and oxygen atoms in total. The van der Waals surface area contributed by atoms with Crippen LogP contribution in [0.4, 0.5) is 0 Å². The molecule has 1 aromatic carbocycles. The second-order valence-corrected chi connectivity index (χ2v) is 4.52. The molecular weight excluding hydrogens is 228 g/mol. The van der Waals surface area contributed by atoms with Gasteiger partial charge in [0.2, 0.25) is 0 Å². The number of methoxy groups -OCH3 is 1. The zero-order valence-electron chi connectivity index (χ0n) is 10.1. The number of hydrogen-bond acceptors (Lipinski definition) is 3. The Hall–Kier alpha value is -2.10. The highest BCUT2D eigenvalue weighted by Crippen LogP contribution is 2.38. The topological polar surface area (TPSA) is 55.0 Å². The number of ether oxygens (including phenoxy) is 1. The van der Waals surface area contributed by atoms with Gasteiger partial charge in [0.05, 0.1) is 12.8 Å². The predicted octanol–water partition coefficient (Wildman–Crippen LogP) is 2.32. The van der Waals surface area contributed by atoms with Crippen molar-refractivity contribution in [2.24, 2.45) is 0 Å². The largest absolute Gasteiger partial charge is 0.497 e. The second-order valence-electron chi connectivity index (χ2n) is 4.52. The third-order valence-corrected chi connectivity index (χ3v) is 3.12. The fraction of sp³-hybridized carbons (Fsp3) is 0.286. The number of nitrogens with one attached hydrogen (secondary N) is 1. The molecule has 0 aliphatic heterocycles. The molecule has 1 aromatic heterocycles. The van der Waals surface area contributed by atoms with Crippen molar-refractivity contribution in [2.75, 3.05) is 7.11 Å². The van der Waals surface area contributed by atoms with Gasteiger partial charge in [-0.3, -0.25) is 4.79 Å². The minimum atomic E-state index is -0.0854. The van der Waals surface area contributed by atoms with Crippen LogP contribution in [0.1, 0.15) is 24.5 Å². The number of H-pyrrole nitrogens is 1. The molecule has 1 saturated carbocycles. The zero-order chi connectivity index (χ0) is 12.5. The summed E-state index contributed by atoms with van der Waals surface area (Å²) in [4.78, 5) is 18.9. The summed E-state index contributed by atoms with van der Waals surface area (Å²) in [6, 6.07) is 9.12. The highest BCUT2D eigenvalue weighted by Gasteiger charge is 2.25. The Kier molecular flexibility index (Phi) is 2.63. The van der Waals surface area contributed by atoms with Gasteiger partial charge in [-0.25, -0.2) is 4.98 Å². The highest BCUT2D eigenvalue weighted by atomic mass is 16.5. The monoisotopic (exact) mass is 242 g/mol. The number of rotatable bonds is 3. The molecule has 0 spiro atoms. The van der Waals surface area contributed by atoms with Crippen molar-refractivity contribution < 1.29 is 4.74 Å². The average molecular weight is 242 g/mol. The lowest BCUT2D eigenvalue weighted by atomic mass is 10.2. The minimum Gasteiger partial charge on any atom is -0.497 e. The van der Waals surface area contributed by atoms with E-state index in [9.17, 15) is 4.79 Å². The van der Waals surface area contributed by atoms with Crippen LogP contribution in [0.3, 0.4) is 0 Å². The van der Waals surface area contributed by atoms with Gasteiger partial charge in [-0.2, -0.15) is 0 Å². The molecule has 0 bridgehead atoms. The Balaban J connectivity index is 2.01. The van der Waals surface area contributed by atoms with Gasteiger partial charge < -0.3 is 9.72 Å². The predicted molar refractivity (Wildman–Crippen MR) is 68.8 cm³/mol. The van der Waals surface area contributed by atoms with Crippen molar-refractivity contribution in [3.05, 3.63) is 46.4 Å². The number of nitrogens with zero attached hydrogens (tertiary/aromatic N) is 1. The minimum absolute atomic E-state index is 0.0854. The summed E-state index contributed by atoms with van der Waals surface area (Å²) in [7, 11) is 1.63. The van der Waals surface area contributed by atoms with Crippen LogP contribution in [-0.2, 0) is 0 Å². The number of hydrogen-bond donors (Lipinski definition) is 1. The van der Waals surface area contributed by atoms with E-state index in [-0.39, 0.29) is 5.56 Å². The van der Waals surface area contributed by atoms with E-state index in [0.29, 0.717) is 11.7 Å². The lowest BCUT2D eigenvalue weighted by molar-refractivity contribution is 0.415. The van der Waals surface area contributed by atoms with Crippen molar-refractivity contribution in [1.82, 2.24) is 9.97 Å². The molecule has 1 aliphatic carbocycles. The maximum absolute atomic E-state index is 11.6. The maximum Gasteiger partial charge on any atom is 0.251 e. The van der Waals surface area contributed by atoms with Crippen LogP contribution in [-0.4, -0.2) is 17.1 Å². The van der Waals surface area contributed by atoms with Crippen LogP contribution in [0.5, 0.6) is 5.75 Å². The van der Waals surface area contributed by atoms with Crippen molar-refractivity contribution in [3.63, 3.8) is 0 Å². The van der Waals surface area contributed by atoms with Crippen LogP contribution in [0.2, 0.25) is 0 Å². The lowest BCUT2D eigenvalue weighted by Crippen LogP contribution is -2.09. The molecule has 0 amide bonds. The molecule has 18 heavy (non-hydrogen) atoms. The van der Waals surface area contributed by atoms with Crippen molar-refractivity contribution in [2.45, 2.75) is 18.8 Å². The Morgan fingerprint density at radius 1 is 1.28 bits per heavy atom. The molecule has 0 atom stereocenters. The van der Waals surface area contributed by atoms with Crippen molar-refractivity contribution >= 4 is 0 Å². The lowest BCUT2D eigenvalue weighted by Gasteiger charge is -2.04. The number of aromatic amines is 1. The molecule has 0 saturated heterocycles. The van der Waals surface area contributed by atoms with Gasteiger partial charge in [0.1, 0.15) is 11.6 Å². The first-order valence-electron chi connectivity index (χ1n) is 6.02. The average Bonchev–Trinajstić information content (AvgIpc) is 3.22. The molecule has 0 unspecified atom stereocenters. The van der Waals surface area contributed by atoms with E-state index in [1.54, 1.807) is 13.2 Å². The number of benzene rings is 1. The molecule has 0 radical (unpaired) electrons. The fourth-order valence-electron chi connectivity index (χ4n) is 1.95. The standard InChI is InChI=1S/C14H14N2O2/c1-18-11-6-4-10(5-7-11)14-15-12(9-2-3-9)8-13(17)16-14/h4-9H,2-3H2,1H3,(H,15,16,17).